The summed E-state index contributed by atoms with van der Waals surface area (Å²) in [4.78, 5) is 0. The zero-order valence-electron chi connectivity index (χ0n) is 11.6. The summed E-state index contributed by atoms with van der Waals surface area (Å²) >= 11 is 3.38. The van der Waals surface area contributed by atoms with Gasteiger partial charge in [-0.1, -0.05) is 42.1 Å². The fourth-order valence-corrected chi connectivity index (χ4v) is 3.44. The largest absolute Gasteiger partial charge is 0.313 e. The van der Waals surface area contributed by atoms with Crippen LogP contribution in [0.25, 0.3) is 0 Å². The molecule has 0 saturated heterocycles. The van der Waals surface area contributed by atoms with Crippen molar-refractivity contribution in [2.45, 2.75) is 45.6 Å². The minimum atomic E-state index is -0.123. The van der Waals surface area contributed by atoms with Crippen molar-refractivity contribution in [1.82, 2.24) is 5.32 Å². The van der Waals surface area contributed by atoms with Gasteiger partial charge in [0.2, 0.25) is 0 Å². The van der Waals surface area contributed by atoms with E-state index >= 15 is 0 Å². The molecular formula is C16H23BrFN. The lowest BCUT2D eigenvalue weighted by atomic mass is 9.81. The molecule has 2 unspecified atom stereocenters. The molecule has 1 N–H and O–H groups in total. The third-order valence-corrected chi connectivity index (χ3v) is 4.59. The van der Waals surface area contributed by atoms with E-state index < -0.39 is 0 Å². The lowest BCUT2D eigenvalue weighted by Crippen LogP contribution is -2.21. The van der Waals surface area contributed by atoms with Gasteiger partial charge in [0, 0.05) is 16.6 Å². The molecule has 1 aromatic carbocycles. The van der Waals surface area contributed by atoms with Crippen LogP contribution in [-0.4, -0.2) is 6.54 Å². The standard InChI is InChI=1S/C16H23BrFN/c1-12-3-2-4-13(9-12)7-8-19-11-14-10-15(17)5-6-16(14)18/h5-6,10,12-13,19H,2-4,7-9,11H2,1H3. The van der Waals surface area contributed by atoms with E-state index in [9.17, 15) is 4.39 Å². The second kappa shape index (κ2) is 7.39. The van der Waals surface area contributed by atoms with Crippen molar-refractivity contribution < 1.29 is 4.39 Å². The van der Waals surface area contributed by atoms with E-state index in [1.54, 1.807) is 6.07 Å². The van der Waals surface area contributed by atoms with E-state index in [2.05, 4.69) is 28.2 Å². The Morgan fingerprint density at radius 1 is 1.37 bits per heavy atom. The molecule has 0 spiro atoms. The molecule has 0 aliphatic heterocycles. The van der Waals surface area contributed by atoms with E-state index in [0.717, 1.165) is 28.4 Å². The normalized spacial score (nSPS) is 23.5. The van der Waals surface area contributed by atoms with Gasteiger partial charge in [-0.25, -0.2) is 4.39 Å². The van der Waals surface area contributed by atoms with Gasteiger partial charge >= 0.3 is 0 Å². The Bertz CT molecular complexity index is 408. The monoisotopic (exact) mass is 327 g/mol. The number of nitrogens with one attached hydrogen (secondary N) is 1. The summed E-state index contributed by atoms with van der Waals surface area (Å²) < 4.78 is 14.5. The Labute approximate surface area is 124 Å². The Hall–Kier alpha value is -0.410. The fourth-order valence-electron chi connectivity index (χ4n) is 3.03. The molecule has 19 heavy (non-hydrogen) atoms. The van der Waals surface area contributed by atoms with Crippen LogP contribution in [0.5, 0.6) is 0 Å². The van der Waals surface area contributed by atoms with Crippen molar-refractivity contribution in [2.24, 2.45) is 11.8 Å². The minimum absolute atomic E-state index is 0.123. The van der Waals surface area contributed by atoms with Crippen LogP contribution in [0.4, 0.5) is 4.39 Å². The van der Waals surface area contributed by atoms with Gasteiger partial charge in [-0.05, 0) is 49.4 Å². The van der Waals surface area contributed by atoms with E-state index in [1.807, 2.05) is 6.07 Å². The second-order valence-corrected chi connectivity index (χ2v) is 6.75. The van der Waals surface area contributed by atoms with Crippen molar-refractivity contribution in [3.63, 3.8) is 0 Å². The molecule has 1 fully saturated rings. The molecule has 1 aliphatic rings. The lowest BCUT2D eigenvalue weighted by molar-refractivity contribution is 0.267. The van der Waals surface area contributed by atoms with Gasteiger partial charge in [-0.15, -0.1) is 0 Å². The molecule has 3 heteroatoms. The smallest absolute Gasteiger partial charge is 0.127 e. The number of rotatable bonds is 5. The molecule has 0 bridgehead atoms. The topological polar surface area (TPSA) is 12.0 Å². The minimum Gasteiger partial charge on any atom is -0.313 e. The number of benzene rings is 1. The van der Waals surface area contributed by atoms with Crippen molar-refractivity contribution in [3.05, 3.63) is 34.1 Å². The third-order valence-electron chi connectivity index (χ3n) is 4.10. The van der Waals surface area contributed by atoms with Crippen LogP contribution in [0.1, 0.15) is 44.6 Å². The van der Waals surface area contributed by atoms with Gasteiger partial charge < -0.3 is 5.32 Å². The molecule has 2 rings (SSSR count). The zero-order valence-corrected chi connectivity index (χ0v) is 13.2. The van der Waals surface area contributed by atoms with Gasteiger partial charge in [0.15, 0.2) is 0 Å². The zero-order chi connectivity index (χ0) is 13.7. The van der Waals surface area contributed by atoms with E-state index in [4.69, 9.17) is 0 Å². The highest BCUT2D eigenvalue weighted by Gasteiger charge is 2.18. The quantitative estimate of drug-likeness (QED) is 0.759. The Balaban J connectivity index is 1.70. The molecule has 0 amide bonds. The van der Waals surface area contributed by atoms with E-state index in [0.29, 0.717) is 6.54 Å². The first-order valence-electron chi connectivity index (χ1n) is 7.30. The predicted octanol–water partition coefficient (Wildman–Crippen LogP) is 4.89. The van der Waals surface area contributed by atoms with Gasteiger partial charge in [0.25, 0.3) is 0 Å². The number of hydrogen-bond donors (Lipinski definition) is 1. The summed E-state index contributed by atoms with van der Waals surface area (Å²) in [5.41, 5.74) is 0.742. The molecule has 1 aromatic rings. The van der Waals surface area contributed by atoms with Crippen LogP contribution in [0.2, 0.25) is 0 Å². The van der Waals surface area contributed by atoms with E-state index in [-0.39, 0.29) is 5.82 Å². The first-order chi connectivity index (χ1) is 9.15. The summed E-state index contributed by atoms with van der Waals surface area (Å²) in [6, 6.07) is 5.11. The van der Waals surface area contributed by atoms with Crippen molar-refractivity contribution in [1.29, 1.82) is 0 Å². The van der Waals surface area contributed by atoms with Crippen LogP contribution in [0.15, 0.2) is 22.7 Å². The van der Waals surface area contributed by atoms with E-state index in [1.165, 1.54) is 38.2 Å². The van der Waals surface area contributed by atoms with Crippen molar-refractivity contribution in [2.75, 3.05) is 6.54 Å². The van der Waals surface area contributed by atoms with Crippen molar-refractivity contribution in [3.8, 4) is 0 Å². The van der Waals surface area contributed by atoms with Gasteiger partial charge in [-0.3, -0.25) is 0 Å². The maximum absolute atomic E-state index is 13.5. The second-order valence-electron chi connectivity index (χ2n) is 5.84. The Kier molecular flexibility index (Phi) is 5.83. The molecule has 1 nitrogen and oxygen atoms in total. The summed E-state index contributed by atoms with van der Waals surface area (Å²) in [5, 5.41) is 3.37. The van der Waals surface area contributed by atoms with Crippen LogP contribution >= 0.6 is 15.9 Å². The molecule has 0 radical (unpaired) electrons. The Morgan fingerprint density at radius 2 is 2.21 bits per heavy atom. The van der Waals surface area contributed by atoms with Gasteiger partial charge in [0.1, 0.15) is 5.82 Å². The van der Waals surface area contributed by atoms with Gasteiger partial charge in [0.05, 0.1) is 0 Å². The predicted molar refractivity (Wildman–Crippen MR) is 81.5 cm³/mol. The number of halogens is 2. The number of hydrogen-bond acceptors (Lipinski definition) is 1. The summed E-state index contributed by atoms with van der Waals surface area (Å²) in [5.74, 6) is 1.63. The molecule has 2 atom stereocenters. The molecule has 1 saturated carbocycles. The van der Waals surface area contributed by atoms with Crippen LogP contribution in [0, 0.1) is 17.7 Å². The summed E-state index contributed by atoms with van der Waals surface area (Å²) in [7, 11) is 0. The molecule has 106 valence electrons. The Morgan fingerprint density at radius 3 is 3.00 bits per heavy atom. The third kappa shape index (κ3) is 4.88. The average molecular weight is 328 g/mol. The highest BCUT2D eigenvalue weighted by molar-refractivity contribution is 9.10. The first-order valence-corrected chi connectivity index (χ1v) is 8.09. The SMILES string of the molecule is CC1CCCC(CCNCc2cc(Br)ccc2F)C1. The maximum atomic E-state index is 13.5. The molecule has 1 aliphatic carbocycles. The van der Waals surface area contributed by atoms with Crippen LogP contribution in [-0.2, 0) is 6.54 Å². The first kappa shape index (κ1) is 15.0. The van der Waals surface area contributed by atoms with Crippen LogP contribution in [0.3, 0.4) is 0 Å². The average Bonchev–Trinajstić information content (AvgIpc) is 2.39. The van der Waals surface area contributed by atoms with Gasteiger partial charge in [-0.2, -0.15) is 0 Å². The summed E-state index contributed by atoms with van der Waals surface area (Å²) in [6.07, 6.45) is 6.74. The highest BCUT2D eigenvalue weighted by atomic mass is 79.9. The molecule has 0 aromatic heterocycles. The fraction of sp³-hybridized carbons (Fsp3) is 0.625. The lowest BCUT2D eigenvalue weighted by Gasteiger charge is -2.26. The molecular weight excluding hydrogens is 305 g/mol. The maximum Gasteiger partial charge on any atom is 0.127 e. The van der Waals surface area contributed by atoms with Crippen molar-refractivity contribution >= 4 is 15.9 Å². The van der Waals surface area contributed by atoms with Crippen LogP contribution < -0.4 is 5.32 Å². The highest BCUT2D eigenvalue weighted by Crippen LogP contribution is 2.30. The summed E-state index contributed by atoms with van der Waals surface area (Å²) in [6.45, 7) is 3.97. The molecule has 0 heterocycles.